The van der Waals surface area contributed by atoms with Crippen LogP contribution in [0.15, 0.2) is 35.7 Å². The highest BCUT2D eigenvalue weighted by Gasteiger charge is 2.32. The van der Waals surface area contributed by atoms with Crippen LogP contribution in [-0.2, 0) is 11.2 Å². The van der Waals surface area contributed by atoms with Gasteiger partial charge in [0.25, 0.3) is 0 Å². The zero-order valence-electron chi connectivity index (χ0n) is 13.2. The maximum atomic E-state index is 13.3. The molecular formula is C18H21FN2OS. The number of rotatable bonds is 5. The highest BCUT2D eigenvalue weighted by atomic mass is 32.1. The number of benzene rings is 1. The van der Waals surface area contributed by atoms with Gasteiger partial charge in [0, 0.05) is 11.4 Å². The number of hydrogen-bond donors (Lipinski definition) is 1. The molecule has 0 saturated carbocycles. The second kappa shape index (κ2) is 7.23. The minimum Gasteiger partial charge on any atom is -0.330 e. The highest BCUT2D eigenvalue weighted by Crippen LogP contribution is 2.37. The molecule has 0 aliphatic carbocycles. The molecule has 1 aliphatic rings. The standard InChI is InChI=1S/C18H21FN2OS/c1-2-9-20-12-17(22)21-10-7-16-15(8-11-23-16)18(21)13-3-5-14(19)6-4-13/h3-6,8,11,18,20H,2,7,9-10,12H2,1H3. The van der Waals surface area contributed by atoms with Gasteiger partial charge in [-0.05, 0) is 54.1 Å². The third kappa shape index (κ3) is 3.46. The quantitative estimate of drug-likeness (QED) is 0.852. The predicted octanol–water partition coefficient (Wildman–Crippen LogP) is 3.36. The number of nitrogens with one attached hydrogen (secondary N) is 1. The number of amides is 1. The van der Waals surface area contributed by atoms with E-state index in [9.17, 15) is 9.18 Å². The van der Waals surface area contributed by atoms with Crippen LogP contribution in [-0.4, -0.2) is 30.4 Å². The summed E-state index contributed by atoms with van der Waals surface area (Å²) in [7, 11) is 0. The van der Waals surface area contributed by atoms with E-state index in [4.69, 9.17) is 0 Å². The zero-order chi connectivity index (χ0) is 16.2. The van der Waals surface area contributed by atoms with Gasteiger partial charge in [0.05, 0.1) is 12.6 Å². The van der Waals surface area contributed by atoms with Gasteiger partial charge in [-0.2, -0.15) is 0 Å². The molecule has 5 heteroatoms. The fourth-order valence-electron chi connectivity index (χ4n) is 3.06. The van der Waals surface area contributed by atoms with Gasteiger partial charge < -0.3 is 10.2 Å². The first-order valence-corrected chi connectivity index (χ1v) is 8.90. The van der Waals surface area contributed by atoms with Gasteiger partial charge in [-0.15, -0.1) is 11.3 Å². The molecular weight excluding hydrogens is 311 g/mol. The lowest BCUT2D eigenvalue weighted by Crippen LogP contribution is -2.44. The molecule has 0 radical (unpaired) electrons. The van der Waals surface area contributed by atoms with E-state index in [0.717, 1.165) is 24.9 Å². The van der Waals surface area contributed by atoms with Crippen molar-refractivity contribution in [1.82, 2.24) is 10.2 Å². The van der Waals surface area contributed by atoms with Gasteiger partial charge >= 0.3 is 0 Å². The van der Waals surface area contributed by atoms with Crippen molar-refractivity contribution in [3.8, 4) is 0 Å². The molecule has 2 aromatic rings. The Morgan fingerprint density at radius 1 is 1.35 bits per heavy atom. The lowest BCUT2D eigenvalue weighted by molar-refractivity contribution is -0.132. The highest BCUT2D eigenvalue weighted by molar-refractivity contribution is 7.10. The van der Waals surface area contributed by atoms with E-state index in [1.165, 1.54) is 22.6 Å². The SMILES string of the molecule is CCCNCC(=O)N1CCc2sccc2C1c1ccc(F)cc1. The summed E-state index contributed by atoms with van der Waals surface area (Å²) in [6, 6.07) is 8.48. The number of carbonyl (C=O) groups excluding carboxylic acids is 1. The second-order valence-corrected chi connectivity index (χ2v) is 6.77. The Labute approximate surface area is 140 Å². The van der Waals surface area contributed by atoms with Crippen LogP contribution in [0.1, 0.15) is 35.4 Å². The van der Waals surface area contributed by atoms with Crippen LogP contribution in [0.5, 0.6) is 0 Å². The van der Waals surface area contributed by atoms with Crippen LogP contribution in [0.4, 0.5) is 4.39 Å². The lowest BCUT2D eigenvalue weighted by atomic mass is 9.93. The van der Waals surface area contributed by atoms with Crippen molar-refractivity contribution in [2.24, 2.45) is 0 Å². The summed E-state index contributed by atoms with van der Waals surface area (Å²) in [5.41, 5.74) is 2.14. The minimum absolute atomic E-state index is 0.102. The van der Waals surface area contributed by atoms with Crippen LogP contribution in [0, 0.1) is 5.82 Å². The van der Waals surface area contributed by atoms with E-state index >= 15 is 0 Å². The maximum Gasteiger partial charge on any atom is 0.237 e. The molecule has 1 amide bonds. The largest absolute Gasteiger partial charge is 0.330 e. The van der Waals surface area contributed by atoms with Crippen molar-refractivity contribution in [3.05, 3.63) is 57.5 Å². The van der Waals surface area contributed by atoms with Crippen molar-refractivity contribution in [2.45, 2.75) is 25.8 Å². The molecule has 1 atom stereocenters. The Bertz CT molecular complexity index is 668. The van der Waals surface area contributed by atoms with Crippen molar-refractivity contribution in [3.63, 3.8) is 0 Å². The molecule has 3 nitrogen and oxygen atoms in total. The topological polar surface area (TPSA) is 32.3 Å². The Balaban J connectivity index is 1.89. The van der Waals surface area contributed by atoms with Crippen molar-refractivity contribution in [2.75, 3.05) is 19.6 Å². The first-order chi connectivity index (χ1) is 11.2. The Morgan fingerprint density at radius 3 is 2.87 bits per heavy atom. The third-order valence-corrected chi connectivity index (χ3v) is 5.17. The van der Waals surface area contributed by atoms with Crippen molar-refractivity contribution < 1.29 is 9.18 Å². The summed E-state index contributed by atoms with van der Waals surface area (Å²) in [5, 5.41) is 5.26. The number of nitrogens with zero attached hydrogens (tertiary/aromatic N) is 1. The predicted molar refractivity (Wildman–Crippen MR) is 91.1 cm³/mol. The van der Waals surface area contributed by atoms with Crippen LogP contribution in [0.25, 0.3) is 0 Å². The van der Waals surface area contributed by atoms with Gasteiger partial charge in [0.2, 0.25) is 5.91 Å². The summed E-state index contributed by atoms with van der Waals surface area (Å²) in [6.07, 6.45) is 1.90. The van der Waals surface area contributed by atoms with Gasteiger partial charge in [-0.1, -0.05) is 19.1 Å². The summed E-state index contributed by atoms with van der Waals surface area (Å²) >= 11 is 1.73. The van der Waals surface area contributed by atoms with Crippen LogP contribution >= 0.6 is 11.3 Å². The van der Waals surface area contributed by atoms with Gasteiger partial charge in [0.1, 0.15) is 5.82 Å². The summed E-state index contributed by atoms with van der Waals surface area (Å²) < 4.78 is 13.3. The lowest BCUT2D eigenvalue weighted by Gasteiger charge is -2.36. The molecule has 0 spiro atoms. The first kappa shape index (κ1) is 16.1. The summed E-state index contributed by atoms with van der Waals surface area (Å²) in [5.74, 6) is -0.151. The number of fused-ring (bicyclic) bond motifs is 1. The summed E-state index contributed by atoms with van der Waals surface area (Å²) in [4.78, 5) is 15.9. The molecule has 0 saturated heterocycles. The normalized spacial score (nSPS) is 17.1. The van der Waals surface area contributed by atoms with E-state index in [0.29, 0.717) is 13.1 Å². The van der Waals surface area contributed by atoms with E-state index in [2.05, 4.69) is 23.7 Å². The molecule has 1 unspecified atom stereocenters. The molecule has 1 aromatic heterocycles. The molecule has 2 heterocycles. The Kier molecular flexibility index (Phi) is 5.08. The molecule has 1 N–H and O–H groups in total. The Morgan fingerprint density at radius 2 is 2.13 bits per heavy atom. The second-order valence-electron chi connectivity index (χ2n) is 5.77. The summed E-state index contributed by atoms with van der Waals surface area (Å²) in [6.45, 7) is 3.98. The van der Waals surface area contributed by atoms with E-state index < -0.39 is 0 Å². The van der Waals surface area contributed by atoms with Gasteiger partial charge in [-0.3, -0.25) is 4.79 Å². The minimum atomic E-state index is -0.252. The number of halogens is 1. The van der Waals surface area contributed by atoms with E-state index in [-0.39, 0.29) is 17.8 Å². The molecule has 23 heavy (non-hydrogen) atoms. The maximum absolute atomic E-state index is 13.3. The average molecular weight is 332 g/mol. The van der Waals surface area contributed by atoms with Crippen molar-refractivity contribution >= 4 is 17.2 Å². The van der Waals surface area contributed by atoms with Crippen LogP contribution in [0.2, 0.25) is 0 Å². The number of thiophene rings is 1. The van der Waals surface area contributed by atoms with Crippen LogP contribution in [0.3, 0.4) is 0 Å². The fourth-order valence-corrected chi connectivity index (χ4v) is 3.97. The first-order valence-electron chi connectivity index (χ1n) is 8.02. The number of hydrogen-bond acceptors (Lipinski definition) is 3. The van der Waals surface area contributed by atoms with E-state index in [1.807, 2.05) is 4.90 Å². The van der Waals surface area contributed by atoms with Crippen LogP contribution < -0.4 is 5.32 Å². The monoisotopic (exact) mass is 332 g/mol. The molecule has 1 aliphatic heterocycles. The molecule has 0 fully saturated rings. The number of carbonyl (C=O) groups is 1. The smallest absolute Gasteiger partial charge is 0.237 e. The van der Waals surface area contributed by atoms with E-state index in [1.54, 1.807) is 23.5 Å². The molecule has 0 bridgehead atoms. The molecule has 3 rings (SSSR count). The van der Waals surface area contributed by atoms with Gasteiger partial charge in [-0.25, -0.2) is 4.39 Å². The zero-order valence-corrected chi connectivity index (χ0v) is 14.0. The Hall–Kier alpha value is -1.72. The molecule has 122 valence electrons. The van der Waals surface area contributed by atoms with Crippen molar-refractivity contribution in [1.29, 1.82) is 0 Å². The third-order valence-electron chi connectivity index (χ3n) is 4.17. The fraction of sp³-hybridized carbons (Fsp3) is 0.389. The molecule has 1 aromatic carbocycles. The van der Waals surface area contributed by atoms with Gasteiger partial charge in [0.15, 0.2) is 0 Å². The average Bonchev–Trinajstić information content (AvgIpc) is 3.03.